The maximum Gasteiger partial charge on any atom is 0.328 e. The number of hydrogen-bond donors (Lipinski definition) is 2. The van der Waals surface area contributed by atoms with Crippen LogP contribution in [0.5, 0.6) is 0 Å². The van der Waals surface area contributed by atoms with E-state index in [1.807, 2.05) is 0 Å². The Morgan fingerprint density at radius 1 is 1.13 bits per heavy atom. The molecule has 7 nitrogen and oxygen atoms in total. The van der Waals surface area contributed by atoms with Crippen LogP contribution in [0.2, 0.25) is 0 Å². The van der Waals surface area contributed by atoms with Gasteiger partial charge in [-0.25, -0.2) is 13.2 Å². The number of carbonyl (C=O) groups excluding carboxylic acids is 1. The van der Waals surface area contributed by atoms with Crippen molar-refractivity contribution in [3.8, 4) is 0 Å². The van der Waals surface area contributed by atoms with Crippen molar-refractivity contribution in [2.24, 2.45) is 0 Å². The van der Waals surface area contributed by atoms with E-state index in [1.54, 1.807) is 13.8 Å². The van der Waals surface area contributed by atoms with Gasteiger partial charge >= 0.3 is 5.97 Å². The first-order valence-electron chi connectivity index (χ1n) is 7.22. The van der Waals surface area contributed by atoms with Gasteiger partial charge in [0.1, 0.15) is 5.54 Å². The van der Waals surface area contributed by atoms with E-state index in [9.17, 15) is 18.0 Å². The number of carboxylic acid groups (broad SMARTS) is 1. The molecule has 0 atom stereocenters. The molecule has 0 fully saturated rings. The van der Waals surface area contributed by atoms with Crippen molar-refractivity contribution in [3.05, 3.63) is 29.8 Å². The zero-order chi connectivity index (χ0) is 17.8. The number of sulfonamides is 1. The maximum absolute atomic E-state index is 12.3. The topological polar surface area (TPSA) is 104 Å². The third kappa shape index (κ3) is 4.29. The van der Waals surface area contributed by atoms with E-state index in [0.29, 0.717) is 13.1 Å². The smallest absolute Gasteiger partial charge is 0.328 e. The molecule has 0 aliphatic rings. The highest BCUT2D eigenvalue weighted by molar-refractivity contribution is 7.89. The van der Waals surface area contributed by atoms with Gasteiger partial charge in [0.15, 0.2) is 0 Å². The number of nitrogens with one attached hydrogen (secondary N) is 1. The van der Waals surface area contributed by atoms with Gasteiger partial charge in [-0.15, -0.1) is 0 Å². The van der Waals surface area contributed by atoms with Gasteiger partial charge in [0, 0.05) is 18.7 Å². The van der Waals surface area contributed by atoms with Gasteiger partial charge in [0.25, 0.3) is 5.91 Å². The van der Waals surface area contributed by atoms with E-state index < -0.39 is 27.4 Å². The van der Waals surface area contributed by atoms with Gasteiger partial charge in [-0.2, -0.15) is 4.31 Å². The molecule has 2 N–H and O–H groups in total. The molecule has 1 aromatic rings. The maximum atomic E-state index is 12.3. The molecule has 8 heteroatoms. The fourth-order valence-corrected chi connectivity index (χ4v) is 3.36. The van der Waals surface area contributed by atoms with Gasteiger partial charge in [-0.1, -0.05) is 13.8 Å². The standard InChI is InChI=1S/C15H22N2O5S/c1-5-17(6-2)23(21,22)12-9-7-11(8-10-12)13(18)16-15(3,4)14(19)20/h7-10H,5-6H2,1-4H3,(H,16,18)(H,19,20). The Morgan fingerprint density at radius 3 is 2.00 bits per heavy atom. The Bertz CT molecular complexity index is 676. The molecule has 0 aliphatic heterocycles. The first kappa shape index (κ1) is 19.1. The molecule has 0 bridgehead atoms. The van der Waals surface area contributed by atoms with Crippen LogP contribution in [0.15, 0.2) is 29.2 Å². The largest absolute Gasteiger partial charge is 0.480 e. The Balaban J connectivity index is 3.01. The van der Waals surface area contributed by atoms with Crippen molar-refractivity contribution in [3.63, 3.8) is 0 Å². The number of rotatable bonds is 7. The molecule has 0 heterocycles. The predicted molar refractivity (Wildman–Crippen MR) is 85.7 cm³/mol. The van der Waals surface area contributed by atoms with Crippen molar-refractivity contribution in [1.82, 2.24) is 9.62 Å². The van der Waals surface area contributed by atoms with Crippen LogP contribution in [0.25, 0.3) is 0 Å². The van der Waals surface area contributed by atoms with Crippen molar-refractivity contribution < 1.29 is 23.1 Å². The quantitative estimate of drug-likeness (QED) is 0.777. The van der Waals surface area contributed by atoms with Crippen molar-refractivity contribution >= 4 is 21.9 Å². The first-order valence-corrected chi connectivity index (χ1v) is 8.66. The lowest BCUT2D eigenvalue weighted by Crippen LogP contribution is -2.49. The average molecular weight is 342 g/mol. The molecule has 0 aliphatic carbocycles. The van der Waals surface area contributed by atoms with Crippen LogP contribution in [0.4, 0.5) is 0 Å². The normalized spacial score (nSPS) is 12.2. The lowest BCUT2D eigenvalue weighted by molar-refractivity contribution is -0.143. The van der Waals surface area contributed by atoms with Gasteiger partial charge < -0.3 is 10.4 Å². The number of carboxylic acids is 1. The van der Waals surface area contributed by atoms with Crippen molar-refractivity contribution in [1.29, 1.82) is 0 Å². The fraction of sp³-hybridized carbons (Fsp3) is 0.467. The highest BCUT2D eigenvalue weighted by Gasteiger charge is 2.29. The minimum atomic E-state index is -3.58. The van der Waals surface area contributed by atoms with E-state index >= 15 is 0 Å². The second kappa shape index (κ2) is 7.10. The number of benzene rings is 1. The third-order valence-electron chi connectivity index (χ3n) is 3.42. The SMILES string of the molecule is CCN(CC)S(=O)(=O)c1ccc(C(=O)NC(C)(C)C(=O)O)cc1. The lowest BCUT2D eigenvalue weighted by atomic mass is 10.1. The minimum absolute atomic E-state index is 0.0928. The number of aliphatic carboxylic acids is 1. The van der Waals surface area contributed by atoms with Crippen molar-refractivity contribution in [2.75, 3.05) is 13.1 Å². The van der Waals surface area contributed by atoms with Crippen LogP contribution < -0.4 is 5.32 Å². The Kier molecular flexibility index (Phi) is 5.90. The zero-order valence-corrected chi connectivity index (χ0v) is 14.5. The van der Waals surface area contributed by atoms with Gasteiger partial charge in [-0.05, 0) is 38.1 Å². The molecule has 1 amide bonds. The summed E-state index contributed by atoms with van der Waals surface area (Å²) in [6.07, 6.45) is 0. The van der Waals surface area contributed by atoms with E-state index in [0.717, 1.165) is 0 Å². The van der Waals surface area contributed by atoms with E-state index in [4.69, 9.17) is 5.11 Å². The molecule has 0 aromatic heterocycles. The molecule has 1 aromatic carbocycles. The Hall–Kier alpha value is -1.93. The predicted octanol–water partition coefficient (Wildman–Crippen LogP) is 1.31. The first-order chi connectivity index (χ1) is 10.6. The van der Waals surface area contributed by atoms with Crippen LogP contribution in [0.1, 0.15) is 38.1 Å². The second-order valence-electron chi connectivity index (χ2n) is 5.50. The molecule has 128 valence electrons. The van der Waals surface area contributed by atoms with E-state index in [-0.39, 0.29) is 10.5 Å². The zero-order valence-electron chi connectivity index (χ0n) is 13.7. The summed E-state index contributed by atoms with van der Waals surface area (Å²) in [5.41, 5.74) is -1.22. The molecule has 0 radical (unpaired) electrons. The Labute approximate surface area is 136 Å². The molecular formula is C15H22N2O5S. The molecule has 0 saturated carbocycles. The summed E-state index contributed by atoms with van der Waals surface area (Å²) < 4.78 is 26.0. The van der Waals surface area contributed by atoms with Crippen LogP contribution in [0, 0.1) is 0 Å². The monoisotopic (exact) mass is 342 g/mol. The third-order valence-corrected chi connectivity index (χ3v) is 5.48. The summed E-state index contributed by atoms with van der Waals surface area (Å²) in [6.45, 7) is 6.94. The average Bonchev–Trinajstić information content (AvgIpc) is 2.47. The highest BCUT2D eigenvalue weighted by Crippen LogP contribution is 2.16. The summed E-state index contributed by atoms with van der Waals surface area (Å²) in [7, 11) is -3.58. The minimum Gasteiger partial charge on any atom is -0.480 e. The number of amides is 1. The van der Waals surface area contributed by atoms with Crippen LogP contribution >= 0.6 is 0 Å². The molecule has 23 heavy (non-hydrogen) atoms. The van der Waals surface area contributed by atoms with Gasteiger partial charge in [0.2, 0.25) is 10.0 Å². The second-order valence-corrected chi connectivity index (χ2v) is 7.44. The summed E-state index contributed by atoms with van der Waals surface area (Å²) >= 11 is 0. The van der Waals surface area contributed by atoms with Crippen molar-refractivity contribution in [2.45, 2.75) is 38.1 Å². The molecule has 0 spiro atoms. The summed E-state index contributed by atoms with van der Waals surface area (Å²) in [5, 5.41) is 11.4. The molecule has 1 rings (SSSR count). The van der Waals surface area contributed by atoms with Crippen LogP contribution in [0.3, 0.4) is 0 Å². The van der Waals surface area contributed by atoms with Crippen LogP contribution in [-0.2, 0) is 14.8 Å². The van der Waals surface area contributed by atoms with Gasteiger partial charge in [0.05, 0.1) is 4.90 Å². The molecule has 0 unspecified atom stereocenters. The summed E-state index contributed by atoms with van der Waals surface area (Å²) in [6, 6.07) is 5.42. The summed E-state index contributed by atoms with van der Waals surface area (Å²) in [5.74, 6) is -1.74. The highest BCUT2D eigenvalue weighted by atomic mass is 32.2. The van der Waals surface area contributed by atoms with E-state index in [1.165, 1.54) is 42.4 Å². The number of nitrogens with zero attached hydrogens (tertiary/aromatic N) is 1. The fourth-order valence-electron chi connectivity index (χ4n) is 1.90. The van der Waals surface area contributed by atoms with E-state index in [2.05, 4.69) is 5.32 Å². The lowest BCUT2D eigenvalue weighted by Gasteiger charge is -2.21. The Morgan fingerprint density at radius 2 is 1.61 bits per heavy atom. The van der Waals surface area contributed by atoms with Gasteiger partial charge in [-0.3, -0.25) is 4.79 Å². The number of hydrogen-bond acceptors (Lipinski definition) is 4. The van der Waals surface area contributed by atoms with Crippen LogP contribution in [-0.4, -0.2) is 48.3 Å². The molecular weight excluding hydrogens is 320 g/mol. The summed E-state index contributed by atoms with van der Waals surface area (Å²) in [4.78, 5) is 23.1. The molecule has 0 saturated heterocycles. The number of carbonyl (C=O) groups is 2.